The molecule has 6 nitrogen and oxygen atoms in total. The van der Waals surface area contributed by atoms with Gasteiger partial charge in [0.05, 0.1) is 11.4 Å². The third-order valence-electron chi connectivity index (χ3n) is 8.60. The summed E-state index contributed by atoms with van der Waals surface area (Å²) >= 11 is 0. The smallest absolute Gasteiger partial charge is 0.181 e. The van der Waals surface area contributed by atoms with E-state index in [1.165, 1.54) is 23.6 Å². The summed E-state index contributed by atoms with van der Waals surface area (Å²) in [6.07, 6.45) is 9.88. The van der Waals surface area contributed by atoms with Crippen LogP contribution in [-0.2, 0) is 0 Å². The Bertz CT molecular complexity index is 2540. The van der Waals surface area contributed by atoms with E-state index in [1.807, 2.05) is 24.5 Å². The minimum Gasteiger partial charge on any atom is -0.451 e. The number of fused-ring (bicyclic) bond motifs is 3. The van der Waals surface area contributed by atoms with E-state index in [2.05, 4.69) is 107 Å². The molecule has 0 aliphatic carbocycles. The molecule has 216 valence electrons. The Morgan fingerprint density at radius 3 is 1.54 bits per heavy atom. The first kappa shape index (κ1) is 26.0. The molecular formula is C40H24N4O2. The van der Waals surface area contributed by atoms with Crippen LogP contribution in [0.25, 0.3) is 88.5 Å². The van der Waals surface area contributed by atoms with Crippen molar-refractivity contribution in [1.29, 1.82) is 0 Å². The highest BCUT2D eigenvalue weighted by Crippen LogP contribution is 2.45. The van der Waals surface area contributed by atoms with Crippen LogP contribution in [0.2, 0.25) is 0 Å². The van der Waals surface area contributed by atoms with E-state index in [1.54, 1.807) is 12.5 Å². The van der Waals surface area contributed by atoms with E-state index in [9.17, 15) is 0 Å². The Hall–Kier alpha value is -6.40. The Morgan fingerprint density at radius 1 is 0.370 bits per heavy atom. The van der Waals surface area contributed by atoms with Crippen LogP contribution in [0.3, 0.4) is 0 Å². The Morgan fingerprint density at radius 2 is 0.913 bits per heavy atom. The molecule has 0 saturated heterocycles. The summed E-state index contributed by atoms with van der Waals surface area (Å²) in [5.41, 5.74) is 9.49. The summed E-state index contributed by atoms with van der Waals surface area (Å²) in [5, 5.41) is 6.75. The normalized spacial score (nSPS) is 11.5. The molecule has 0 bridgehead atoms. The summed E-state index contributed by atoms with van der Waals surface area (Å²) in [6.45, 7) is 0. The summed E-state index contributed by atoms with van der Waals surface area (Å²) < 4.78 is 10.6. The first-order valence-electron chi connectivity index (χ1n) is 15.0. The Kier molecular flexibility index (Phi) is 6.03. The second kappa shape index (κ2) is 10.6. The van der Waals surface area contributed by atoms with Crippen LogP contribution < -0.4 is 0 Å². The monoisotopic (exact) mass is 592 g/mol. The maximum absolute atomic E-state index is 5.30. The number of oxazole rings is 2. The maximum Gasteiger partial charge on any atom is 0.181 e. The standard InChI is InChI=1S/C40H24N4O2/c1-2-6-26-17-27(10-9-25(26)5-1)28-11-12-33-34(18-28)40(36-20-30(14-16-42-36)38-22-46-24-44-38)32-8-4-3-7-31(32)39(33)35-19-29(13-15-41-35)37-21-45-23-43-37/h1-24H. The average Bonchev–Trinajstić information content (AvgIpc) is 3.86. The molecule has 0 radical (unpaired) electrons. The van der Waals surface area contributed by atoms with Gasteiger partial charge in [-0.1, -0.05) is 72.8 Å². The van der Waals surface area contributed by atoms with Gasteiger partial charge in [-0.2, -0.15) is 0 Å². The lowest BCUT2D eigenvalue weighted by atomic mass is 9.86. The number of benzene rings is 5. The molecule has 9 aromatic rings. The van der Waals surface area contributed by atoms with Gasteiger partial charge in [0.1, 0.15) is 23.9 Å². The number of pyridine rings is 2. The van der Waals surface area contributed by atoms with Gasteiger partial charge in [0, 0.05) is 34.6 Å². The fourth-order valence-corrected chi connectivity index (χ4v) is 6.44. The van der Waals surface area contributed by atoms with Gasteiger partial charge in [-0.25, -0.2) is 9.97 Å². The SMILES string of the molecule is c1ccc2cc(-c3ccc4c(-c5cc(-c6cocn6)ccn5)c5ccccc5c(-c5cc(-c6cocn6)ccn5)c4c3)ccc2c1. The molecule has 0 atom stereocenters. The predicted molar refractivity (Wildman–Crippen MR) is 182 cm³/mol. The van der Waals surface area contributed by atoms with Crippen LogP contribution in [-0.4, -0.2) is 19.9 Å². The van der Waals surface area contributed by atoms with Crippen LogP contribution in [0.4, 0.5) is 0 Å². The van der Waals surface area contributed by atoms with E-state index < -0.39 is 0 Å². The van der Waals surface area contributed by atoms with Crippen molar-refractivity contribution in [1.82, 2.24) is 19.9 Å². The van der Waals surface area contributed by atoms with Crippen LogP contribution in [0.15, 0.2) is 156 Å². The number of nitrogens with zero attached hydrogens (tertiary/aromatic N) is 4. The highest BCUT2D eigenvalue weighted by atomic mass is 16.3. The van der Waals surface area contributed by atoms with Crippen molar-refractivity contribution in [3.05, 3.63) is 147 Å². The van der Waals surface area contributed by atoms with Crippen LogP contribution in [0.5, 0.6) is 0 Å². The van der Waals surface area contributed by atoms with E-state index in [4.69, 9.17) is 18.8 Å². The first-order valence-corrected chi connectivity index (χ1v) is 15.0. The quantitative estimate of drug-likeness (QED) is 0.185. The number of rotatable bonds is 5. The summed E-state index contributed by atoms with van der Waals surface area (Å²) in [6, 6.07) is 38.4. The van der Waals surface area contributed by atoms with Crippen molar-refractivity contribution in [2.45, 2.75) is 0 Å². The molecule has 0 fully saturated rings. The molecular weight excluding hydrogens is 568 g/mol. The highest BCUT2D eigenvalue weighted by Gasteiger charge is 2.20. The predicted octanol–water partition coefficient (Wildman–Crippen LogP) is 10.2. The zero-order valence-corrected chi connectivity index (χ0v) is 24.5. The number of hydrogen-bond acceptors (Lipinski definition) is 6. The lowest BCUT2D eigenvalue weighted by molar-refractivity contribution is 0.558. The van der Waals surface area contributed by atoms with E-state index in [0.29, 0.717) is 0 Å². The molecule has 46 heavy (non-hydrogen) atoms. The molecule has 0 amide bonds. The van der Waals surface area contributed by atoms with Crippen molar-refractivity contribution < 1.29 is 8.83 Å². The van der Waals surface area contributed by atoms with Crippen LogP contribution >= 0.6 is 0 Å². The number of aromatic nitrogens is 4. The van der Waals surface area contributed by atoms with E-state index in [0.717, 1.165) is 77.7 Å². The molecule has 0 spiro atoms. The van der Waals surface area contributed by atoms with Gasteiger partial charge in [0.15, 0.2) is 12.8 Å². The lowest BCUT2D eigenvalue weighted by Gasteiger charge is -2.18. The van der Waals surface area contributed by atoms with Gasteiger partial charge in [-0.3, -0.25) is 9.97 Å². The van der Waals surface area contributed by atoms with E-state index >= 15 is 0 Å². The topological polar surface area (TPSA) is 77.8 Å². The second-order valence-electron chi connectivity index (χ2n) is 11.2. The van der Waals surface area contributed by atoms with Crippen LogP contribution in [0.1, 0.15) is 0 Å². The van der Waals surface area contributed by atoms with Gasteiger partial charge in [-0.15, -0.1) is 0 Å². The molecule has 4 aromatic heterocycles. The zero-order valence-electron chi connectivity index (χ0n) is 24.5. The number of hydrogen-bond donors (Lipinski definition) is 0. The minimum absolute atomic E-state index is 0.764. The first-order chi connectivity index (χ1) is 22.8. The maximum atomic E-state index is 5.30. The summed E-state index contributed by atoms with van der Waals surface area (Å²) in [4.78, 5) is 18.6. The van der Waals surface area contributed by atoms with Crippen molar-refractivity contribution in [3.8, 4) is 56.2 Å². The molecule has 0 saturated carbocycles. The minimum atomic E-state index is 0.764. The lowest BCUT2D eigenvalue weighted by Crippen LogP contribution is -1.95. The summed E-state index contributed by atoms with van der Waals surface area (Å²) in [5.74, 6) is 0. The molecule has 0 aliphatic rings. The fourth-order valence-electron chi connectivity index (χ4n) is 6.44. The second-order valence-corrected chi connectivity index (χ2v) is 11.2. The van der Waals surface area contributed by atoms with Gasteiger partial charge < -0.3 is 8.83 Å². The Balaban J connectivity index is 1.36. The van der Waals surface area contributed by atoms with Gasteiger partial charge in [0.25, 0.3) is 0 Å². The van der Waals surface area contributed by atoms with Gasteiger partial charge >= 0.3 is 0 Å². The largest absolute Gasteiger partial charge is 0.451 e. The molecule has 5 aromatic carbocycles. The average molecular weight is 593 g/mol. The van der Waals surface area contributed by atoms with Crippen LogP contribution in [0, 0.1) is 0 Å². The van der Waals surface area contributed by atoms with Gasteiger partial charge in [-0.05, 0) is 79.8 Å². The fraction of sp³-hybridized carbons (Fsp3) is 0. The van der Waals surface area contributed by atoms with Crippen molar-refractivity contribution in [3.63, 3.8) is 0 Å². The Labute approximate surface area is 263 Å². The highest BCUT2D eigenvalue weighted by molar-refractivity contribution is 6.21. The third-order valence-corrected chi connectivity index (χ3v) is 8.60. The third kappa shape index (κ3) is 4.35. The van der Waals surface area contributed by atoms with Gasteiger partial charge in [0.2, 0.25) is 0 Å². The summed E-state index contributed by atoms with van der Waals surface area (Å²) in [7, 11) is 0. The van der Waals surface area contributed by atoms with Crippen molar-refractivity contribution in [2.75, 3.05) is 0 Å². The molecule has 4 heterocycles. The zero-order chi connectivity index (χ0) is 30.5. The molecule has 0 aliphatic heterocycles. The molecule has 6 heteroatoms. The molecule has 0 N–H and O–H groups in total. The van der Waals surface area contributed by atoms with Crippen molar-refractivity contribution >= 4 is 32.3 Å². The van der Waals surface area contributed by atoms with E-state index in [-0.39, 0.29) is 0 Å². The molecule has 0 unspecified atom stereocenters. The van der Waals surface area contributed by atoms with Crippen molar-refractivity contribution in [2.24, 2.45) is 0 Å². The molecule has 9 rings (SSSR count).